The van der Waals surface area contributed by atoms with Gasteiger partial charge in [0.25, 0.3) is 5.91 Å². The summed E-state index contributed by atoms with van der Waals surface area (Å²) >= 11 is 0. The van der Waals surface area contributed by atoms with Crippen molar-refractivity contribution in [2.24, 2.45) is 0 Å². The normalized spacial score (nSPS) is 15.4. The Bertz CT molecular complexity index is 893. The van der Waals surface area contributed by atoms with Crippen LogP contribution in [0.2, 0.25) is 0 Å². The van der Waals surface area contributed by atoms with Gasteiger partial charge in [0.2, 0.25) is 0 Å². The molecule has 1 fully saturated rings. The molecular weight excluding hydrogens is 318 g/mol. The molecule has 0 saturated carbocycles. The van der Waals surface area contributed by atoms with Crippen LogP contribution < -0.4 is 4.90 Å². The second-order valence-corrected chi connectivity index (χ2v) is 6.16. The summed E-state index contributed by atoms with van der Waals surface area (Å²) in [6, 6.07) is 9.28. The first-order chi connectivity index (χ1) is 12.2. The molecule has 0 bridgehead atoms. The van der Waals surface area contributed by atoms with E-state index in [2.05, 4.69) is 20.1 Å². The Morgan fingerprint density at radius 1 is 1.16 bits per heavy atom. The average molecular weight is 337 g/mol. The van der Waals surface area contributed by atoms with Crippen molar-refractivity contribution in [1.29, 1.82) is 0 Å². The second kappa shape index (κ2) is 6.51. The first-order valence-electron chi connectivity index (χ1n) is 8.40. The number of amides is 1. The highest BCUT2D eigenvalue weighted by Gasteiger charge is 2.23. The molecule has 4 rings (SSSR count). The SMILES string of the molecule is Cc1ccc2oc(C(=O)N3CCCN(c4cccnn4)CC3)cc2n1. The van der Waals surface area contributed by atoms with E-state index >= 15 is 0 Å². The van der Waals surface area contributed by atoms with Crippen molar-refractivity contribution < 1.29 is 9.21 Å². The monoisotopic (exact) mass is 337 g/mol. The van der Waals surface area contributed by atoms with E-state index in [1.807, 2.05) is 36.1 Å². The number of furan rings is 1. The minimum atomic E-state index is -0.0864. The largest absolute Gasteiger partial charge is 0.449 e. The molecule has 0 unspecified atom stereocenters. The van der Waals surface area contributed by atoms with Crippen molar-refractivity contribution >= 4 is 22.8 Å². The van der Waals surface area contributed by atoms with Crippen LogP contribution in [0.3, 0.4) is 0 Å². The van der Waals surface area contributed by atoms with Gasteiger partial charge < -0.3 is 14.2 Å². The van der Waals surface area contributed by atoms with Crippen LogP contribution in [0.5, 0.6) is 0 Å². The predicted molar refractivity (Wildman–Crippen MR) is 93.5 cm³/mol. The van der Waals surface area contributed by atoms with Crippen LogP contribution in [-0.2, 0) is 0 Å². The average Bonchev–Trinajstić information content (AvgIpc) is 2.89. The van der Waals surface area contributed by atoms with E-state index in [0.29, 0.717) is 24.4 Å². The molecule has 1 aliphatic rings. The van der Waals surface area contributed by atoms with Crippen molar-refractivity contribution in [2.45, 2.75) is 13.3 Å². The summed E-state index contributed by atoms with van der Waals surface area (Å²) in [6.07, 6.45) is 2.54. The van der Waals surface area contributed by atoms with Crippen LogP contribution in [0.1, 0.15) is 22.7 Å². The number of pyridine rings is 1. The van der Waals surface area contributed by atoms with Crippen LogP contribution >= 0.6 is 0 Å². The Balaban J connectivity index is 1.50. The first-order valence-corrected chi connectivity index (χ1v) is 8.40. The summed E-state index contributed by atoms with van der Waals surface area (Å²) in [5.41, 5.74) is 2.27. The molecule has 25 heavy (non-hydrogen) atoms. The lowest BCUT2D eigenvalue weighted by atomic mass is 10.3. The maximum atomic E-state index is 12.8. The Kier molecular flexibility index (Phi) is 4.05. The first kappa shape index (κ1) is 15.6. The van der Waals surface area contributed by atoms with Gasteiger partial charge in [0, 0.05) is 44.1 Å². The van der Waals surface area contributed by atoms with Crippen molar-refractivity contribution in [3.63, 3.8) is 0 Å². The number of rotatable bonds is 2. The van der Waals surface area contributed by atoms with Crippen LogP contribution in [0, 0.1) is 6.92 Å². The van der Waals surface area contributed by atoms with Crippen LogP contribution in [0.15, 0.2) is 40.9 Å². The summed E-state index contributed by atoms with van der Waals surface area (Å²) in [5.74, 6) is 1.11. The quantitative estimate of drug-likeness (QED) is 0.714. The third-order valence-electron chi connectivity index (χ3n) is 4.39. The van der Waals surface area contributed by atoms with Gasteiger partial charge in [-0.15, -0.1) is 5.10 Å². The number of aromatic nitrogens is 3. The molecule has 0 N–H and O–H groups in total. The topological polar surface area (TPSA) is 75.4 Å². The van der Waals surface area contributed by atoms with E-state index in [0.717, 1.165) is 36.5 Å². The molecule has 7 heteroatoms. The highest BCUT2D eigenvalue weighted by molar-refractivity contribution is 5.95. The number of hydrogen-bond donors (Lipinski definition) is 0. The Hall–Kier alpha value is -2.96. The molecule has 0 aliphatic carbocycles. The van der Waals surface area contributed by atoms with Gasteiger partial charge in [0.1, 0.15) is 5.52 Å². The van der Waals surface area contributed by atoms with Crippen molar-refractivity contribution in [3.05, 3.63) is 48.0 Å². The van der Waals surface area contributed by atoms with Gasteiger partial charge in [-0.1, -0.05) is 0 Å². The lowest BCUT2D eigenvalue weighted by Gasteiger charge is -2.21. The van der Waals surface area contributed by atoms with Crippen LogP contribution in [0.25, 0.3) is 11.1 Å². The predicted octanol–water partition coefficient (Wildman–Crippen LogP) is 2.28. The second-order valence-electron chi connectivity index (χ2n) is 6.16. The number of nitrogens with zero attached hydrogens (tertiary/aromatic N) is 5. The summed E-state index contributed by atoms with van der Waals surface area (Å²) in [7, 11) is 0. The molecule has 0 spiro atoms. The molecule has 1 aliphatic heterocycles. The smallest absolute Gasteiger partial charge is 0.289 e. The highest BCUT2D eigenvalue weighted by atomic mass is 16.3. The molecule has 4 heterocycles. The van der Waals surface area contributed by atoms with Gasteiger partial charge in [-0.3, -0.25) is 4.79 Å². The summed E-state index contributed by atoms with van der Waals surface area (Å²) in [5, 5.41) is 8.08. The fourth-order valence-corrected chi connectivity index (χ4v) is 3.10. The van der Waals surface area contributed by atoms with Gasteiger partial charge in [-0.25, -0.2) is 4.98 Å². The Morgan fingerprint density at radius 3 is 2.92 bits per heavy atom. The molecule has 7 nitrogen and oxygen atoms in total. The van der Waals surface area contributed by atoms with Crippen LogP contribution in [0.4, 0.5) is 5.82 Å². The Labute approximate surface area is 145 Å². The molecule has 3 aromatic heterocycles. The number of fused-ring (bicyclic) bond motifs is 1. The maximum absolute atomic E-state index is 12.8. The molecular formula is C18H19N5O2. The third-order valence-corrected chi connectivity index (χ3v) is 4.39. The summed E-state index contributed by atoms with van der Waals surface area (Å²) < 4.78 is 5.70. The van der Waals surface area contributed by atoms with Gasteiger partial charge in [-0.05, 0) is 37.6 Å². The van der Waals surface area contributed by atoms with Crippen molar-refractivity contribution in [1.82, 2.24) is 20.1 Å². The number of carbonyl (C=O) groups is 1. The minimum absolute atomic E-state index is 0.0864. The van der Waals surface area contributed by atoms with Crippen molar-refractivity contribution in [3.8, 4) is 0 Å². The maximum Gasteiger partial charge on any atom is 0.289 e. The van der Waals surface area contributed by atoms with Gasteiger partial charge >= 0.3 is 0 Å². The zero-order valence-corrected chi connectivity index (χ0v) is 14.1. The molecule has 128 valence electrons. The lowest BCUT2D eigenvalue weighted by molar-refractivity contribution is 0.0737. The number of anilines is 1. The number of hydrogen-bond acceptors (Lipinski definition) is 6. The fourth-order valence-electron chi connectivity index (χ4n) is 3.10. The van der Waals surface area contributed by atoms with E-state index in [-0.39, 0.29) is 5.91 Å². The van der Waals surface area contributed by atoms with E-state index in [4.69, 9.17) is 4.42 Å². The molecule has 0 aromatic carbocycles. The summed E-state index contributed by atoms with van der Waals surface area (Å²) in [6.45, 7) is 4.81. The zero-order chi connectivity index (χ0) is 17.2. The lowest BCUT2D eigenvalue weighted by Crippen LogP contribution is -2.35. The molecule has 0 radical (unpaired) electrons. The van der Waals surface area contributed by atoms with Gasteiger partial charge in [0.05, 0.1) is 0 Å². The highest BCUT2D eigenvalue weighted by Crippen LogP contribution is 2.20. The molecule has 1 saturated heterocycles. The number of aryl methyl sites for hydroxylation is 1. The van der Waals surface area contributed by atoms with E-state index < -0.39 is 0 Å². The standard InChI is InChI=1S/C18H19N5O2/c1-13-5-6-15-14(20-13)12-16(25-15)18(24)23-9-3-8-22(10-11-23)17-4-2-7-19-21-17/h2,4-7,12H,3,8-11H2,1H3. The third kappa shape index (κ3) is 3.17. The van der Waals surface area contributed by atoms with Gasteiger partial charge in [0.15, 0.2) is 17.2 Å². The van der Waals surface area contributed by atoms with E-state index in [1.165, 1.54) is 0 Å². The fraction of sp³-hybridized carbons (Fsp3) is 0.333. The van der Waals surface area contributed by atoms with E-state index in [9.17, 15) is 4.79 Å². The number of carbonyl (C=O) groups excluding carboxylic acids is 1. The molecule has 1 amide bonds. The Morgan fingerprint density at radius 2 is 2.08 bits per heavy atom. The van der Waals surface area contributed by atoms with Crippen molar-refractivity contribution in [2.75, 3.05) is 31.1 Å². The zero-order valence-electron chi connectivity index (χ0n) is 14.1. The summed E-state index contributed by atoms with van der Waals surface area (Å²) in [4.78, 5) is 21.2. The minimum Gasteiger partial charge on any atom is -0.449 e. The van der Waals surface area contributed by atoms with E-state index in [1.54, 1.807) is 12.3 Å². The molecule has 0 atom stereocenters. The van der Waals surface area contributed by atoms with Gasteiger partial charge in [-0.2, -0.15) is 5.10 Å². The molecule has 3 aromatic rings. The van der Waals surface area contributed by atoms with Crippen LogP contribution in [-0.4, -0.2) is 52.2 Å².